The third-order valence-electron chi connectivity index (χ3n) is 3.70. The number of rotatable bonds is 5. The van der Waals surface area contributed by atoms with Crippen molar-refractivity contribution in [1.82, 2.24) is 5.32 Å². The van der Waals surface area contributed by atoms with E-state index >= 15 is 0 Å². The Balaban J connectivity index is 1.92. The first-order valence-electron chi connectivity index (χ1n) is 7.08. The largest absolute Gasteiger partial charge is 0.491 e. The predicted molar refractivity (Wildman–Crippen MR) is 75.9 cm³/mol. The van der Waals surface area contributed by atoms with Crippen molar-refractivity contribution in [3.63, 3.8) is 0 Å². The molecule has 18 heavy (non-hydrogen) atoms. The van der Waals surface area contributed by atoms with Crippen molar-refractivity contribution in [3.8, 4) is 5.75 Å². The van der Waals surface area contributed by atoms with Crippen molar-refractivity contribution in [2.45, 2.75) is 64.6 Å². The molecule has 0 amide bonds. The van der Waals surface area contributed by atoms with Gasteiger partial charge in [-0.15, -0.1) is 0 Å². The van der Waals surface area contributed by atoms with Crippen molar-refractivity contribution >= 4 is 0 Å². The minimum atomic E-state index is 0.237. The molecule has 0 saturated heterocycles. The Morgan fingerprint density at radius 3 is 2.67 bits per heavy atom. The van der Waals surface area contributed by atoms with Crippen LogP contribution < -0.4 is 10.1 Å². The second-order valence-corrected chi connectivity index (χ2v) is 5.94. The van der Waals surface area contributed by atoms with Gasteiger partial charge in [0.2, 0.25) is 0 Å². The molecule has 0 aromatic heterocycles. The van der Waals surface area contributed by atoms with Crippen LogP contribution in [0.2, 0.25) is 0 Å². The van der Waals surface area contributed by atoms with Gasteiger partial charge in [0, 0.05) is 12.1 Å². The molecule has 0 spiro atoms. The Labute approximate surface area is 111 Å². The fourth-order valence-corrected chi connectivity index (χ4v) is 2.65. The minimum absolute atomic E-state index is 0.237. The lowest BCUT2D eigenvalue weighted by Gasteiger charge is -2.25. The third-order valence-corrected chi connectivity index (χ3v) is 3.70. The van der Waals surface area contributed by atoms with Gasteiger partial charge in [0.25, 0.3) is 0 Å². The summed E-state index contributed by atoms with van der Waals surface area (Å²) >= 11 is 0. The highest BCUT2D eigenvalue weighted by Crippen LogP contribution is 2.29. The predicted octanol–water partition coefficient (Wildman–Crippen LogP) is 3.90. The van der Waals surface area contributed by atoms with Gasteiger partial charge in [-0.3, -0.25) is 0 Å². The number of hydrogen-bond acceptors (Lipinski definition) is 2. The van der Waals surface area contributed by atoms with Gasteiger partial charge in [0.1, 0.15) is 5.75 Å². The molecule has 1 aliphatic rings. The zero-order valence-electron chi connectivity index (χ0n) is 11.8. The summed E-state index contributed by atoms with van der Waals surface area (Å²) in [5.74, 6) is 0.973. The first-order valence-corrected chi connectivity index (χ1v) is 7.08. The first kappa shape index (κ1) is 13.4. The summed E-state index contributed by atoms with van der Waals surface area (Å²) in [5, 5.41) is 3.70. The van der Waals surface area contributed by atoms with E-state index in [0.717, 1.165) is 12.3 Å². The molecule has 0 bridgehead atoms. The van der Waals surface area contributed by atoms with Crippen LogP contribution in [0.25, 0.3) is 0 Å². The van der Waals surface area contributed by atoms with E-state index in [2.05, 4.69) is 44.3 Å². The van der Waals surface area contributed by atoms with Crippen LogP contribution in [0.5, 0.6) is 5.75 Å². The fraction of sp³-hybridized carbons (Fsp3) is 0.625. The zero-order chi connectivity index (χ0) is 13.0. The van der Waals surface area contributed by atoms with Gasteiger partial charge in [0.05, 0.1) is 6.10 Å². The lowest BCUT2D eigenvalue weighted by atomic mass is 10.0. The van der Waals surface area contributed by atoms with E-state index in [9.17, 15) is 0 Å². The number of hydrogen-bond donors (Lipinski definition) is 1. The fourth-order valence-electron chi connectivity index (χ4n) is 2.65. The van der Waals surface area contributed by atoms with E-state index in [-0.39, 0.29) is 6.10 Å². The summed E-state index contributed by atoms with van der Waals surface area (Å²) in [6.07, 6.45) is 5.56. The van der Waals surface area contributed by atoms with E-state index in [1.807, 2.05) is 6.07 Å². The smallest absolute Gasteiger partial charge is 0.120 e. The summed E-state index contributed by atoms with van der Waals surface area (Å²) in [7, 11) is 0. The van der Waals surface area contributed by atoms with Crippen LogP contribution in [0.3, 0.4) is 0 Å². The van der Waals surface area contributed by atoms with Crippen molar-refractivity contribution in [3.05, 3.63) is 29.8 Å². The van der Waals surface area contributed by atoms with Crippen LogP contribution in [0.15, 0.2) is 24.3 Å². The average molecular weight is 247 g/mol. The Hall–Kier alpha value is -1.02. The van der Waals surface area contributed by atoms with Gasteiger partial charge in [-0.25, -0.2) is 0 Å². The van der Waals surface area contributed by atoms with E-state index in [4.69, 9.17) is 4.74 Å². The van der Waals surface area contributed by atoms with E-state index < -0.39 is 0 Å². The van der Waals surface area contributed by atoms with Gasteiger partial charge in [0.15, 0.2) is 0 Å². The molecule has 2 heteroatoms. The zero-order valence-corrected chi connectivity index (χ0v) is 11.8. The second kappa shape index (κ2) is 5.75. The molecule has 100 valence electrons. The van der Waals surface area contributed by atoms with Gasteiger partial charge < -0.3 is 10.1 Å². The second-order valence-electron chi connectivity index (χ2n) is 5.94. The minimum Gasteiger partial charge on any atom is -0.491 e. The van der Waals surface area contributed by atoms with Crippen LogP contribution >= 0.6 is 0 Å². The van der Waals surface area contributed by atoms with Crippen molar-refractivity contribution in [2.75, 3.05) is 0 Å². The average Bonchev–Trinajstić information content (AvgIpc) is 2.74. The summed E-state index contributed by atoms with van der Waals surface area (Å²) < 4.78 is 5.72. The summed E-state index contributed by atoms with van der Waals surface area (Å²) in [6, 6.07) is 8.41. The maximum Gasteiger partial charge on any atom is 0.120 e. The molecule has 1 fully saturated rings. The Bertz CT molecular complexity index is 380. The van der Waals surface area contributed by atoms with Crippen molar-refractivity contribution in [1.29, 1.82) is 0 Å². The van der Waals surface area contributed by atoms with Crippen LogP contribution in [0.1, 0.15) is 52.0 Å². The topological polar surface area (TPSA) is 21.3 Å². The number of ether oxygens (including phenoxy) is 1. The highest BCUT2D eigenvalue weighted by atomic mass is 16.5. The summed E-state index contributed by atoms with van der Waals surface area (Å²) in [5.41, 5.74) is 1.65. The Morgan fingerprint density at radius 1 is 1.28 bits per heavy atom. The molecule has 0 heterocycles. The maximum absolute atomic E-state index is 5.72. The van der Waals surface area contributed by atoms with Crippen LogP contribution in [-0.4, -0.2) is 11.6 Å². The Morgan fingerprint density at radius 2 is 2.00 bits per heavy atom. The maximum atomic E-state index is 5.72. The molecule has 0 aliphatic heterocycles. The molecular weight excluding hydrogens is 222 g/mol. The van der Waals surface area contributed by atoms with Crippen LogP contribution in [0, 0.1) is 0 Å². The van der Waals surface area contributed by atoms with E-state index in [1.54, 1.807) is 0 Å². The van der Waals surface area contributed by atoms with E-state index in [0.29, 0.717) is 5.54 Å². The Kier molecular flexibility index (Phi) is 4.28. The molecule has 1 aliphatic carbocycles. The molecule has 1 N–H and O–H groups in total. The van der Waals surface area contributed by atoms with Gasteiger partial charge in [-0.1, -0.05) is 25.0 Å². The lowest BCUT2D eigenvalue weighted by molar-refractivity contribution is 0.242. The molecule has 0 atom stereocenters. The molecule has 1 saturated carbocycles. The molecular formula is C16H25NO. The molecule has 0 radical (unpaired) electrons. The van der Waals surface area contributed by atoms with E-state index in [1.165, 1.54) is 31.2 Å². The molecule has 1 aromatic rings. The van der Waals surface area contributed by atoms with Crippen LogP contribution in [-0.2, 0) is 6.54 Å². The van der Waals surface area contributed by atoms with Crippen molar-refractivity contribution < 1.29 is 4.74 Å². The van der Waals surface area contributed by atoms with Crippen molar-refractivity contribution in [2.24, 2.45) is 0 Å². The first-order chi connectivity index (χ1) is 8.57. The molecule has 1 aromatic carbocycles. The lowest BCUT2D eigenvalue weighted by Crippen LogP contribution is -2.38. The van der Waals surface area contributed by atoms with Gasteiger partial charge in [-0.2, -0.15) is 0 Å². The van der Waals surface area contributed by atoms with Gasteiger partial charge >= 0.3 is 0 Å². The van der Waals surface area contributed by atoms with Crippen LogP contribution in [0.4, 0.5) is 0 Å². The van der Waals surface area contributed by atoms with Gasteiger partial charge in [-0.05, 0) is 51.3 Å². The highest BCUT2D eigenvalue weighted by Gasteiger charge is 2.27. The molecule has 2 nitrogen and oxygen atoms in total. The summed E-state index contributed by atoms with van der Waals surface area (Å²) in [4.78, 5) is 0. The summed E-state index contributed by atoms with van der Waals surface area (Å²) in [6.45, 7) is 7.40. The SMILES string of the molecule is CC(C)Oc1cccc(CNC2(C)CCCC2)c1. The number of nitrogens with one attached hydrogen (secondary N) is 1. The highest BCUT2D eigenvalue weighted by molar-refractivity contribution is 5.28. The third kappa shape index (κ3) is 3.74. The molecule has 0 unspecified atom stereocenters. The monoisotopic (exact) mass is 247 g/mol. The molecule has 2 rings (SSSR count). The standard InChI is InChI=1S/C16H25NO/c1-13(2)18-15-8-6-7-14(11-15)12-17-16(3)9-4-5-10-16/h6-8,11,13,17H,4-5,9-10,12H2,1-3H3. The quantitative estimate of drug-likeness (QED) is 0.852. The normalized spacial score (nSPS) is 18.2. The number of benzene rings is 1.